The number of hydrogen-bond donors (Lipinski definition) is 13. The van der Waals surface area contributed by atoms with E-state index in [4.69, 9.17) is 39.7 Å². The van der Waals surface area contributed by atoms with E-state index in [1.165, 1.54) is 44.5 Å². The SMILES string of the molecule is C=C/C(=C\C1=CCN(C=O)C1)C(CO)N(C)C.C=C/C(=C\C=C\C(C)C)OC.CC(C)c1ccc(O)cc1.CC(O)c1ccc2c(c1)CN(C=O)C2.CN(C)CC(O)c1ccc2c(c1)CN(C=O)C2.CN(C)Cc1ccc2c(c1)CN(C=O)C2.CNC.CNCC(O)c1ccc2c(c1)CN(C(=O)/C(=C/C(=C(\C)O)C(C)C)CO)C2.CO.CO.CO.CO.COc1ccc(C(C)C)cc1.COc1ccc(C(C)C)cc1.O. The van der Waals surface area contributed by atoms with Gasteiger partial charge < -0.3 is 126 Å². The van der Waals surface area contributed by atoms with Gasteiger partial charge in [-0.2, -0.15) is 0 Å². The molecule has 12 rings (SSSR count). The largest absolute Gasteiger partial charge is 0.512 e. The third-order valence-electron chi connectivity index (χ3n) is 22.4. The van der Waals surface area contributed by atoms with Crippen molar-refractivity contribution in [3.05, 3.63) is 325 Å². The molecule has 0 bridgehead atoms. The number of hydrogen-bond acceptors (Lipinski definition) is 24. The first-order valence-electron chi connectivity index (χ1n) is 48.2. The second-order valence-electron chi connectivity index (χ2n) is 36.2. The van der Waals surface area contributed by atoms with Gasteiger partial charge in [-0.1, -0.05) is 222 Å². The maximum atomic E-state index is 12.9. The topological polar surface area (TPSA) is 417 Å². The van der Waals surface area contributed by atoms with Crippen LogP contribution in [0.2, 0.25) is 0 Å². The number of nitrogens with zero attached hydrogens (tertiary/aromatic N) is 8. The number of amides is 5. The predicted molar refractivity (Wildman–Crippen MR) is 587 cm³/mol. The Morgan fingerprint density at radius 2 is 0.883 bits per heavy atom. The van der Waals surface area contributed by atoms with Crippen LogP contribution in [0.5, 0.6) is 17.2 Å². The average molecular weight is 2020 g/mol. The Balaban J connectivity index is -0.00000157. The van der Waals surface area contributed by atoms with Crippen molar-refractivity contribution >= 4 is 31.5 Å². The lowest BCUT2D eigenvalue weighted by molar-refractivity contribution is -0.128. The van der Waals surface area contributed by atoms with E-state index in [0.717, 1.165) is 141 Å². The van der Waals surface area contributed by atoms with Crippen molar-refractivity contribution in [2.24, 2.45) is 11.8 Å². The summed E-state index contributed by atoms with van der Waals surface area (Å²) >= 11 is 0. The predicted octanol–water partition coefficient (Wildman–Crippen LogP) is 14.3. The number of phenolic OH excluding ortho intramolecular Hbond substituents is 1. The minimum atomic E-state index is -0.593. The summed E-state index contributed by atoms with van der Waals surface area (Å²) in [6.07, 6.45) is 17.0. The van der Waals surface area contributed by atoms with Crippen molar-refractivity contribution < 1.29 is 99.8 Å². The van der Waals surface area contributed by atoms with Crippen LogP contribution in [0.1, 0.15) is 203 Å². The van der Waals surface area contributed by atoms with Gasteiger partial charge >= 0.3 is 0 Å². The molecule has 0 aliphatic carbocycles. The molecule has 0 radical (unpaired) electrons. The molecular weight excluding hydrogens is 1840 g/mol. The number of fused-ring (bicyclic) bond motifs is 4. The van der Waals surface area contributed by atoms with Crippen LogP contribution in [0.15, 0.2) is 241 Å². The van der Waals surface area contributed by atoms with Gasteiger partial charge in [-0.05, 0) is 262 Å². The number of carbonyl (C=O) groups excluding carboxylic acids is 5. The van der Waals surface area contributed by atoms with E-state index in [1.807, 2.05) is 181 Å². The van der Waals surface area contributed by atoms with Gasteiger partial charge in [-0.15, -0.1) is 0 Å². The molecule has 0 fully saturated rings. The quantitative estimate of drug-likeness (QED) is 0.00830. The average Bonchev–Trinajstić information content (AvgIpc) is 1.66. The number of aliphatic hydroxyl groups excluding tert-OH is 10. The fourth-order valence-electron chi connectivity index (χ4n) is 14.6. The molecule has 145 heavy (non-hydrogen) atoms. The lowest BCUT2D eigenvalue weighted by Crippen LogP contribution is -2.32. The molecule has 0 aromatic heterocycles. The molecule has 4 atom stereocenters. The van der Waals surface area contributed by atoms with Crippen molar-refractivity contribution in [3.63, 3.8) is 0 Å². The molecule has 5 amide bonds. The van der Waals surface area contributed by atoms with Crippen molar-refractivity contribution in [1.29, 1.82) is 0 Å². The van der Waals surface area contributed by atoms with Crippen molar-refractivity contribution in [2.45, 2.75) is 184 Å². The van der Waals surface area contributed by atoms with Crippen molar-refractivity contribution in [2.75, 3.05) is 153 Å². The Morgan fingerprint density at radius 3 is 1.23 bits per heavy atom. The Labute approximate surface area is 866 Å². The number of ether oxygens (including phenoxy) is 3. The molecule has 7 aromatic rings. The molecule has 4 unspecified atom stereocenters. The molecule has 7 aromatic carbocycles. The third-order valence-corrected chi connectivity index (χ3v) is 22.4. The highest BCUT2D eigenvalue weighted by Gasteiger charge is 2.28. The van der Waals surface area contributed by atoms with Crippen LogP contribution >= 0.6 is 0 Å². The zero-order valence-electron chi connectivity index (χ0n) is 91.8. The number of phenols is 1. The highest BCUT2D eigenvalue weighted by Crippen LogP contribution is 2.32. The minimum Gasteiger partial charge on any atom is -0.512 e. The Bertz CT molecular complexity index is 4910. The molecule has 30 heteroatoms. The van der Waals surface area contributed by atoms with E-state index in [-0.39, 0.29) is 47.9 Å². The summed E-state index contributed by atoms with van der Waals surface area (Å²) in [5.41, 5.74) is 20.2. The second-order valence-corrected chi connectivity index (χ2v) is 36.2. The summed E-state index contributed by atoms with van der Waals surface area (Å²) in [5, 5.41) is 101. The number of likely N-dealkylation sites (N-methyl/N-ethyl adjacent to an activating group) is 3. The van der Waals surface area contributed by atoms with Crippen LogP contribution < -0.4 is 20.1 Å². The van der Waals surface area contributed by atoms with Gasteiger partial charge in [0.2, 0.25) is 25.6 Å². The van der Waals surface area contributed by atoms with Crippen LogP contribution in [0.25, 0.3) is 0 Å². The van der Waals surface area contributed by atoms with Gasteiger partial charge in [0.1, 0.15) is 23.0 Å². The number of aromatic hydroxyl groups is 1. The number of aliphatic hydroxyl groups is 10. The third kappa shape index (κ3) is 52.7. The highest BCUT2D eigenvalue weighted by molar-refractivity contribution is 5.94. The zero-order valence-corrected chi connectivity index (χ0v) is 91.8. The van der Waals surface area contributed by atoms with Crippen LogP contribution in [0.3, 0.4) is 0 Å². The molecule has 15 N–H and O–H groups in total. The maximum Gasteiger partial charge on any atom is 0.252 e. The van der Waals surface area contributed by atoms with Gasteiger partial charge in [0.05, 0.1) is 64.7 Å². The molecule has 30 nitrogen and oxygen atoms in total. The molecule has 808 valence electrons. The number of benzene rings is 7. The molecular formula is C115H178N10O20. The van der Waals surface area contributed by atoms with Crippen LogP contribution in [0, 0.1) is 11.8 Å². The Hall–Kier alpha value is -11.8. The Kier molecular flexibility index (Phi) is 74.4. The molecule has 5 aliphatic heterocycles. The van der Waals surface area contributed by atoms with E-state index >= 15 is 0 Å². The first kappa shape index (κ1) is 137. The number of methoxy groups -OCH3 is 3. The summed E-state index contributed by atoms with van der Waals surface area (Å²) in [5.74, 6) is 5.24. The molecule has 5 aliphatic rings. The first-order chi connectivity index (χ1) is 68.7. The normalized spacial score (nSPS) is 13.7. The summed E-state index contributed by atoms with van der Waals surface area (Å²) in [7, 11) is 26.4. The van der Waals surface area contributed by atoms with E-state index in [0.29, 0.717) is 100 Å². The van der Waals surface area contributed by atoms with Crippen molar-refractivity contribution in [1.82, 2.24) is 49.8 Å². The van der Waals surface area contributed by atoms with Crippen molar-refractivity contribution in [3.8, 4) is 17.2 Å². The number of allylic oxidation sites excluding steroid dienone is 7. The zero-order chi connectivity index (χ0) is 110. The van der Waals surface area contributed by atoms with E-state index in [2.05, 4.69) is 147 Å². The standard InChI is InChI=1S/C21H30N2O4.C13H18N2O2.C13H20N2O2.C12H16N2O.C11H13NO2.2C10H14O.C10H16O.C9H12O.C2H7N.4CH4O.H2O/c1-13(2)19(14(3)25)8-18(12-24)21(27)23-10-16-6-5-15(7-17(16)11-23)20(26)9-22-4;1-14(2)8-13(17)10-3-4-11-6-15(9-16)7-12(11)5-10;1-4-12(13(9-16)14(2)3)7-11-5-6-15(8-11)10-17;1-13(2)6-10-3-4-11-7-14(9-15)8-12(11)5-10;1-8(14)9-2-3-10-5-12(7-13)6-11(10)4-9;2*1-8(2)9-4-6-10(11-3)7-5-9;1-5-10(11-4)8-6-7-9(2)3;1-7(2)8-3-5-9(10)6-4-8;1-3-2;4*1-2;/h5-8,13,20,22,24-26H,9-12H2,1-4H3;3-5,9,13,17H,6-8H2,1-2H3;4-5,7,10,13,16H,1,6,8-9H2,2-3H3;3-5,9H,6-8H2,1-2H3;2-4,7-8,14H,5-6H2,1H3;2*4-8H,1-3H3;5-9H,1H2,2-4H3;3-7,10H,1-2H3;3H,1-2H3;4*2H,1H3;1H2/b18-8+,19-14-;;12-7+;;;;;7-6+,10-8+;;;;;;;. The van der Waals surface area contributed by atoms with Gasteiger partial charge in [-0.3, -0.25) is 24.0 Å². The molecule has 0 saturated carbocycles. The van der Waals surface area contributed by atoms with E-state index < -0.39 is 18.3 Å². The van der Waals surface area contributed by atoms with Gasteiger partial charge in [0.25, 0.3) is 5.91 Å². The summed E-state index contributed by atoms with van der Waals surface area (Å²) in [6.45, 7) is 39.9. The smallest absolute Gasteiger partial charge is 0.252 e. The lowest BCUT2D eigenvalue weighted by atomic mass is 9.99. The summed E-state index contributed by atoms with van der Waals surface area (Å²) in [4.78, 5) is 70.1. The lowest BCUT2D eigenvalue weighted by Gasteiger charge is -2.23. The van der Waals surface area contributed by atoms with Crippen LogP contribution in [-0.4, -0.2) is 291 Å². The maximum absolute atomic E-state index is 12.9. The van der Waals surface area contributed by atoms with Gasteiger partial charge in [-0.25, -0.2) is 0 Å². The molecule has 0 spiro atoms. The fourth-order valence-corrected chi connectivity index (χ4v) is 14.6. The molecule has 5 heterocycles. The fraction of sp³-hybridized carbons (Fsp3) is 0.452. The monoisotopic (exact) mass is 2020 g/mol. The minimum absolute atomic E-state index is 0. The number of rotatable bonds is 31. The molecule has 0 saturated heterocycles. The van der Waals surface area contributed by atoms with Crippen LogP contribution in [-0.2, 0) is 87.6 Å². The number of nitrogens with one attached hydrogen (secondary N) is 2. The van der Waals surface area contributed by atoms with E-state index in [9.17, 15) is 54.6 Å². The Morgan fingerprint density at radius 1 is 0.497 bits per heavy atom. The van der Waals surface area contributed by atoms with Gasteiger partial charge in [0.15, 0.2) is 0 Å². The first-order valence-corrected chi connectivity index (χ1v) is 48.2. The second kappa shape index (κ2) is 78.6. The van der Waals surface area contributed by atoms with Gasteiger partial charge in [0, 0.05) is 119 Å². The van der Waals surface area contributed by atoms with Crippen LogP contribution in [0.4, 0.5) is 0 Å². The summed E-state index contributed by atoms with van der Waals surface area (Å²) < 4.78 is 15.1. The summed E-state index contributed by atoms with van der Waals surface area (Å²) in [6, 6.07) is 47.7. The highest BCUT2D eigenvalue weighted by atomic mass is 16.5. The number of carbonyl (C=O) groups is 5. The van der Waals surface area contributed by atoms with E-state index in [1.54, 1.807) is 97.1 Å².